The minimum absolute atomic E-state index is 0.755. The Balaban J connectivity index is 4.00. The van der Waals surface area contributed by atoms with E-state index in [1.54, 1.807) is 6.21 Å². The lowest BCUT2D eigenvalue weighted by Gasteiger charge is -1.88. The highest BCUT2D eigenvalue weighted by molar-refractivity contribution is 5.87. The first-order chi connectivity index (χ1) is 4.16. The van der Waals surface area contributed by atoms with Crippen LogP contribution in [-0.2, 0) is 0 Å². The van der Waals surface area contributed by atoms with E-state index >= 15 is 0 Å². The van der Waals surface area contributed by atoms with Gasteiger partial charge in [-0.3, -0.25) is 0 Å². The van der Waals surface area contributed by atoms with Gasteiger partial charge in [0.2, 0.25) is 0 Å². The van der Waals surface area contributed by atoms with Crippen LogP contribution in [0.2, 0.25) is 0 Å². The summed E-state index contributed by atoms with van der Waals surface area (Å²) in [5, 5.41) is 0. The minimum Gasteiger partial charge on any atom is -0.246 e. The van der Waals surface area contributed by atoms with Gasteiger partial charge in [-0.05, 0) is 20.8 Å². The molecule has 0 aliphatic heterocycles. The topological polar surface area (TPSA) is 24.7 Å². The highest BCUT2D eigenvalue weighted by Crippen LogP contribution is 1.90. The summed E-state index contributed by atoms with van der Waals surface area (Å²) in [6.07, 6.45) is 1.71. The second-order valence-corrected chi connectivity index (χ2v) is 1.78. The Bertz CT molecular complexity index is 154. The van der Waals surface area contributed by atoms with Crippen molar-refractivity contribution in [1.82, 2.24) is 0 Å². The summed E-state index contributed by atoms with van der Waals surface area (Å²) < 4.78 is 0. The molecule has 0 spiro atoms. The van der Waals surface area contributed by atoms with Crippen LogP contribution in [-0.4, -0.2) is 12.1 Å². The zero-order valence-corrected chi connectivity index (χ0v) is 6.18. The van der Waals surface area contributed by atoms with Crippen molar-refractivity contribution in [1.29, 1.82) is 0 Å². The minimum atomic E-state index is 0.755. The van der Waals surface area contributed by atoms with Crippen LogP contribution < -0.4 is 0 Å². The lowest BCUT2D eigenvalue weighted by molar-refractivity contribution is 1.30. The van der Waals surface area contributed by atoms with E-state index in [2.05, 4.69) is 16.6 Å². The maximum Gasteiger partial charge on any atom is 0.125 e. The molecule has 0 aliphatic rings. The van der Waals surface area contributed by atoms with Gasteiger partial charge in [0.05, 0.1) is 0 Å². The number of hydrogen-bond acceptors (Lipinski definition) is 1. The predicted octanol–water partition coefficient (Wildman–Crippen LogP) is 2.03. The molecule has 2 heteroatoms. The summed E-state index contributed by atoms with van der Waals surface area (Å²) in [4.78, 5) is 7.92. The third-order valence-electron chi connectivity index (χ3n) is 0.669. The van der Waals surface area contributed by atoms with Crippen LogP contribution in [0.5, 0.6) is 0 Å². The molecular formula is C7H12N2. The van der Waals surface area contributed by atoms with Crippen LogP contribution >= 0.6 is 0 Å². The van der Waals surface area contributed by atoms with Crippen molar-refractivity contribution in [3.63, 3.8) is 0 Å². The molecule has 0 atom stereocenters. The Morgan fingerprint density at radius 1 is 1.44 bits per heavy atom. The molecule has 0 bridgehead atoms. The Morgan fingerprint density at radius 2 is 2.00 bits per heavy atom. The van der Waals surface area contributed by atoms with Gasteiger partial charge >= 0.3 is 0 Å². The predicted molar refractivity (Wildman–Crippen MR) is 42.1 cm³/mol. The van der Waals surface area contributed by atoms with Crippen LogP contribution in [0, 0.1) is 0 Å². The molecule has 2 nitrogen and oxygen atoms in total. The average Bonchev–Trinajstić information content (AvgIpc) is 1.63. The third-order valence-corrected chi connectivity index (χ3v) is 0.669. The summed E-state index contributed by atoms with van der Waals surface area (Å²) in [6, 6.07) is 0. The number of amidine groups is 1. The summed E-state index contributed by atoms with van der Waals surface area (Å²) >= 11 is 0. The molecule has 0 rings (SSSR count). The maximum absolute atomic E-state index is 3.99. The first kappa shape index (κ1) is 8.08. The summed E-state index contributed by atoms with van der Waals surface area (Å²) in [5.74, 6) is 0.755. The molecule has 0 amide bonds. The Hall–Kier alpha value is -0.920. The van der Waals surface area contributed by atoms with Crippen LogP contribution in [0.1, 0.15) is 20.8 Å². The van der Waals surface area contributed by atoms with Crippen molar-refractivity contribution in [3.8, 4) is 0 Å². The second kappa shape index (κ2) is 4.01. The molecule has 0 fully saturated rings. The van der Waals surface area contributed by atoms with E-state index in [9.17, 15) is 0 Å². The largest absolute Gasteiger partial charge is 0.246 e. The van der Waals surface area contributed by atoms with Gasteiger partial charge in [0.15, 0.2) is 0 Å². The molecule has 0 aliphatic carbocycles. The van der Waals surface area contributed by atoms with Gasteiger partial charge in [0, 0.05) is 11.9 Å². The van der Waals surface area contributed by atoms with E-state index in [-0.39, 0.29) is 0 Å². The van der Waals surface area contributed by atoms with Crippen LogP contribution in [0.25, 0.3) is 0 Å². The van der Waals surface area contributed by atoms with E-state index in [1.807, 2.05) is 20.8 Å². The fourth-order valence-electron chi connectivity index (χ4n) is 0.492. The van der Waals surface area contributed by atoms with Crippen LogP contribution in [0.3, 0.4) is 0 Å². The molecule has 0 saturated carbocycles. The van der Waals surface area contributed by atoms with Gasteiger partial charge in [0.1, 0.15) is 5.84 Å². The fourth-order valence-corrected chi connectivity index (χ4v) is 0.492. The first-order valence-corrected chi connectivity index (χ1v) is 2.86. The molecule has 0 N–H and O–H groups in total. The van der Waals surface area contributed by atoms with Crippen molar-refractivity contribution in [3.05, 3.63) is 12.3 Å². The summed E-state index contributed by atoms with van der Waals surface area (Å²) in [7, 11) is 0. The number of rotatable bonds is 1. The third kappa shape index (κ3) is 4.94. The fraction of sp³-hybridized carbons (Fsp3) is 0.429. The van der Waals surface area contributed by atoms with E-state index in [4.69, 9.17) is 0 Å². The van der Waals surface area contributed by atoms with Gasteiger partial charge in [-0.15, -0.1) is 0 Å². The molecule has 50 valence electrons. The Labute approximate surface area is 56.0 Å². The van der Waals surface area contributed by atoms with Crippen LogP contribution in [0.4, 0.5) is 0 Å². The van der Waals surface area contributed by atoms with Gasteiger partial charge < -0.3 is 0 Å². The molecule has 9 heavy (non-hydrogen) atoms. The van der Waals surface area contributed by atoms with Crippen molar-refractivity contribution in [2.24, 2.45) is 9.98 Å². The molecule has 0 radical (unpaired) electrons. The van der Waals surface area contributed by atoms with E-state index < -0.39 is 0 Å². The average molecular weight is 124 g/mol. The second-order valence-electron chi connectivity index (χ2n) is 1.78. The van der Waals surface area contributed by atoms with Gasteiger partial charge in [-0.25, -0.2) is 9.98 Å². The Kier molecular flexibility index (Phi) is 3.60. The normalized spacial score (nSPS) is 12.6. The van der Waals surface area contributed by atoms with Crippen molar-refractivity contribution in [2.75, 3.05) is 0 Å². The first-order valence-electron chi connectivity index (χ1n) is 2.86. The zero-order chi connectivity index (χ0) is 7.28. The summed E-state index contributed by atoms with van der Waals surface area (Å²) in [6.45, 7) is 9.16. The van der Waals surface area contributed by atoms with Crippen molar-refractivity contribution in [2.45, 2.75) is 20.8 Å². The number of hydrogen-bond donors (Lipinski definition) is 0. The smallest absolute Gasteiger partial charge is 0.125 e. The highest BCUT2D eigenvalue weighted by Gasteiger charge is 1.80. The van der Waals surface area contributed by atoms with Crippen molar-refractivity contribution < 1.29 is 0 Å². The standard InChI is InChI=1S/C7H12N2/c1-5-8-7(4)9-6(2)3/h5H,2H2,1,3-4H3/b8-5-,9-7+. The Morgan fingerprint density at radius 3 is 2.33 bits per heavy atom. The number of nitrogens with zero attached hydrogens (tertiary/aromatic N) is 2. The molecular weight excluding hydrogens is 112 g/mol. The van der Waals surface area contributed by atoms with E-state index in [0.717, 1.165) is 11.5 Å². The molecule has 0 heterocycles. The molecule has 0 aromatic heterocycles. The molecule has 0 aromatic rings. The monoisotopic (exact) mass is 124 g/mol. The molecule has 0 unspecified atom stereocenters. The van der Waals surface area contributed by atoms with Crippen LogP contribution in [0.15, 0.2) is 22.3 Å². The van der Waals surface area contributed by atoms with E-state index in [1.165, 1.54) is 0 Å². The highest BCUT2D eigenvalue weighted by atomic mass is 14.9. The SMILES string of the molecule is C=C(C)/N=C(C)/N=C\C. The van der Waals surface area contributed by atoms with Crippen molar-refractivity contribution >= 4 is 12.1 Å². The summed E-state index contributed by atoms with van der Waals surface area (Å²) in [5.41, 5.74) is 0.790. The van der Waals surface area contributed by atoms with Gasteiger partial charge in [-0.1, -0.05) is 6.58 Å². The van der Waals surface area contributed by atoms with E-state index in [0.29, 0.717) is 0 Å². The zero-order valence-electron chi connectivity index (χ0n) is 6.18. The maximum atomic E-state index is 3.99. The molecule has 0 aromatic carbocycles. The number of allylic oxidation sites excluding steroid dienone is 1. The lowest BCUT2D eigenvalue weighted by atomic mass is 10.5. The quantitative estimate of drug-likeness (QED) is 0.377. The van der Waals surface area contributed by atoms with Gasteiger partial charge in [-0.2, -0.15) is 0 Å². The number of aliphatic imine (C=N–C) groups is 2. The molecule has 0 saturated heterocycles. The lowest BCUT2D eigenvalue weighted by Crippen LogP contribution is -1.84. The van der Waals surface area contributed by atoms with Gasteiger partial charge in [0.25, 0.3) is 0 Å².